The summed E-state index contributed by atoms with van der Waals surface area (Å²) in [5, 5.41) is 0.848. The normalized spacial score (nSPS) is 10.7. The maximum atomic E-state index is 12.7. The molecular formula is C24H27NO6. The molecule has 3 rings (SSSR count). The van der Waals surface area contributed by atoms with E-state index < -0.39 is 5.97 Å². The zero-order valence-corrected chi connectivity index (χ0v) is 18.3. The van der Waals surface area contributed by atoms with E-state index in [2.05, 4.69) is 0 Å². The highest BCUT2D eigenvalue weighted by molar-refractivity contribution is 5.96. The molecule has 0 unspecified atom stereocenters. The van der Waals surface area contributed by atoms with E-state index in [0.717, 1.165) is 10.9 Å². The van der Waals surface area contributed by atoms with Gasteiger partial charge in [0, 0.05) is 24.0 Å². The van der Waals surface area contributed by atoms with Crippen LogP contribution in [-0.4, -0.2) is 43.6 Å². The van der Waals surface area contributed by atoms with Crippen molar-refractivity contribution < 1.29 is 28.2 Å². The molecule has 7 nitrogen and oxygen atoms in total. The van der Waals surface area contributed by atoms with Gasteiger partial charge in [0.2, 0.25) is 5.76 Å². The molecule has 1 heterocycles. The quantitative estimate of drug-likeness (QED) is 0.474. The van der Waals surface area contributed by atoms with Gasteiger partial charge in [-0.3, -0.25) is 4.79 Å². The van der Waals surface area contributed by atoms with E-state index in [0.29, 0.717) is 42.3 Å². The zero-order valence-electron chi connectivity index (χ0n) is 18.3. The van der Waals surface area contributed by atoms with Crippen LogP contribution in [0.1, 0.15) is 35.5 Å². The fourth-order valence-corrected chi connectivity index (χ4v) is 3.33. The summed E-state index contributed by atoms with van der Waals surface area (Å²) >= 11 is 0. The summed E-state index contributed by atoms with van der Waals surface area (Å²) in [5.74, 6) is 0.430. The van der Waals surface area contributed by atoms with Crippen LogP contribution in [0.25, 0.3) is 11.0 Å². The second kappa shape index (κ2) is 10.0. The van der Waals surface area contributed by atoms with E-state index in [1.165, 1.54) is 0 Å². The summed E-state index contributed by atoms with van der Waals surface area (Å²) in [6.07, 6.45) is 0. The van der Waals surface area contributed by atoms with Crippen molar-refractivity contribution in [3.63, 3.8) is 0 Å². The van der Waals surface area contributed by atoms with Gasteiger partial charge in [0.05, 0.1) is 13.7 Å². The predicted octanol–water partition coefficient (Wildman–Crippen LogP) is 4.35. The molecule has 0 aliphatic rings. The standard InChI is InChI=1S/C24H27NO6/c1-5-25(14-17-11-12-20(29-6-2)21(13-17)28-4)22(26)15-30-24(27)23-16(3)18-9-7-8-10-19(18)31-23/h7-13H,5-6,14-15H2,1-4H3. The van der Waals surface area contributed by atoms with Gasteiger partial charge in [-0.15, -0.1) is 0 Å². The molecule has 2 aromatic carbocycles. The molecule has 164 valence electrons. The third kappa shape index (κ3) is 4.99. The van der Waals surface area contributed by atoms with Gasteiger partial charge in [-0.2, -0.15) is 0 Å². The highest BCUT2D eigenvalue weighted by Crippen LogP contribution is 2.29. The molecule has 0 fully saturated rings. The first-order valence-corrected chi connectivity index (χ1v) is 10.2. The fourth-order valence-electron chi connectivity index (χ4n) is 3.33. The average Bonchev–Trinajstić information content (AvgIpc) is 3.13. The molecule has 0 bridgehead atoms. The maximum absolute atomic E-state index is 12.7. The fraction of sp³-hybridized carbons (Fsp3) is 0.333. The highest BCUT2D eigenvalue weighted by Gasteiger charge is 2.21. The molecule has 0 radical (unpaired) electrons. The Morgan fingerprint density at radius 3 is 2.52 bits per heavy atom. The van der Waals surface area contributed by atoms with Crippen LogP contribution in [0.3, 0.4) is 0 Å². The molecule has 0 saturated carbocycles. The number of benzene rings is 2. The van der Waals surface area contributed by atoms with Gasteiger partial charge in [-0.1, -0.05) is 24.3 Å². The minimum Gasteiger partial charge on any atom is -0.493 e. The van der Waals surface area contributed by atoms with Crippen LogP contribution >= 0.6 is 0 Å². The predicted molar refractivity (Wildman–Crippen MR) is 116 cm³/mol. The molecular weight excluding hydrogens is 398 g/mol. The van der Waals surface area contributed by atoms with Crippen LogP contribution in [0.4, 0.5) is 0 Å². The van der Waals surface area contributed by atoms with Crippen LogP contribution in [0, 0.1) is 6.92 Å². The summed E-state index contributed by atoms with van der Waals surface area (Å²) in [7, 11) is 1.57. The molecule has 0 aliphatic carbocycles. The molecule has 0 aliphatic heterocycles. The van der Waals surface area contributed by atoms with Crippen molar-refractivity contribution in [1.82, 2.24) is 4.90 Å². The molecule has 1 aromatic heterocycles. The molecule has 3 aromatic rings. The Morgan fingerprint density at radius 1 is 1.06 bits per heavy atom. The van der Waals surface area contributed by atoms with E-state index in [9.17, 15) is 9.59 Å². The monoisotopic (exact) mass is 425 g/mol. The molecule has 0 spiro atoms. The highest BCUT2D eigenvalue weighted by atomic mass is 16.5. The topological polar surface area (TPSA) is 78.2 Å². The number of carbonyl (C=O) groups excluding carboxylic acids is 2. The van der Waals surface area contributed by atoms with Crippen molar-refractivity contribution in [3.8, 4) is 11.5 Å². The summed E-state index contributed by atoms with van der Waals surface area (Å²) in [4.78, 5) is 26.7. The van der Waals surface area contributed by atoms with Crippen molar-refractivity contribution in [2.75, 3.05) is 26.9 Å². The van der Waals surface area contributed by atoms with Gasteiger partial charge in [-0.25, -0.2) is 4.79 Å². The van der Waals surface area contributed by atoms with Crippen molar-refractivity contribution in [3.05, 3.63) is 59.4 Å². The first-order chi connectivity index (χ1) is 15.0. The number of nitrogens with zero attached hydrogens (tertiary/aromatic N) is 1. The van der Waals surface area contributed by atoms with E-state index >= 15 is 0 Å². The number of esters is 1. The number of carbonyl (C=O) groups is 2. The second-order valence-electron chi connectivity index (χ2n) is 6.95. The van der Waals surface area contributed by atoms with Crippen LogP contribution in [0.5, 0.6) is 11.5 Å². The van der Waals surface area contributed by atoms with Gasteiger partial charge in [0.1, 0.15) is 5.58 Å². The average molecular weight is 425 g/mol. The third-order valence-electron chi connectivity index (χ3n) is 4.99. The number of furan rings is 1. The van der Waals surface area contributed by atoms with Crippen molar-refractivity contribution in [1.29, 1.82) is 0 Å². The molecule has 0 atom stereocenters. The van der Waals surface area contributed by atoms with Gasteiger partial charge in [0.15, 0.2) is 18.1 Å². The Hall–Kier alpha value is -3.48. The molecule has 1 amide bonds. The number of hydrogen-bond donors (Lipinski definition) is 0. The summed E-state index contributed by atoms with van der Waals surface area (Å²) in [6, 6.07) is 12.9. The van der Waals surface area contributed by atoms with E-state index in [-0.39, 0.29) is 18.3 Å². The first kappa shape index (κ1) is 22.2. The summed E-state index contributed by atoms with van der Waals surface area (Å²) < 4.78 is 21.8. The Bertz CT molecular complexity index is 1070. The van der Waals surface area contributed by atoms with Crippen molar-refractivity contribution in [2.45, 2.75) is 27.3 Å². The van der Waals surface area contributed by atoms with Gasteiger partial charge in [-0.05, 0) is 44.5 Å². The smallest absolute Gasteiger partial charge is 0.375 e. The van der Waals surface area contributed by atoms with Crippen LogP contribution in [0.2, 0.25) is 0 Å². The number of ether oxygens (including phenoxy) is 3. The molecule has 31 heavy (non-hydrogen) atoms. The third-order valence-corrected chi connectivity index (χ3v) is 4.99. The SMILES string of the molecule is CCOc1ccc(CN(CC)C(=O)COC(=O)c2oc3ccccc3c2C)cc1OC. The number of rotatable bonds is 9. The molecule has 0 N–H and O–H groups in total. The van der Waals surface area contributed by atoms with E-state index in [4.69, 9.17) is 18.6 Å². The number of methoxy groups -OCH3 is 1. The Morgan fingerprint density at radius 2 is 1.84 bits per heavy atom. The number of aryl methyl sites for hydroxylation is 1. The summed E-state index contributed by atoms with van der Waals surface area (Å²) in [5.41, 5.74) is 2.19. The Labute approximate surface area is 181 Å². The lowest BCUT2D eigenvalue weighted by molar-refractivity contribution is -0.135. The number of para-hydroxylation sites is 1. The van der Waals surface area contributed by atoms with Gasteiger partial charge >= 0.3 is 5.97 Å². The van der Waals surface area contributed by atoms with E-state index in [1.54, 1.807) is 25.0 Å². The minimum atomic E-state index is -0.652. The Kier molecular flexibility index (Phi) is 7.18. The van der Waals surface area contributed by atoms with Crippen LogP contribution in [-0.2, 0) is 16.1 Å². The van der Waals surface area contributed by atoms with Crippen molar-refractivity contribution in [2.24, 2.45) is 0 Å². The van der Waals surface area contributed by atoms with Crippen LogP contribution < -0.4 is 9.47 Å². The Balaban J connectivity index is 1.64. The van der Waals surface area contributed by atoms with E-state index in [1.807, 2.05) is 50.2 Å². The number of hydrogen-bond acceptors (Lipinski definition) is 6. The van der Waals surface area contributed by atoms with Crippen molar-refractivity contribution >= 4 is 22.8 Å². The molecule has 0 saturated heterocycles. The first-order valence-electron chi connectivity index (χ1n) is 10.2. The second-order valence-corrected chi connectivity index (χ2v) is 6.95. The number of fused-ring (bicyclic) bond motifs is 1. The largest absolute Gasteiger partial charge is 0.493 e. The lowest BCUT2D eigenvalue weighted by Crippen LogP contribution is -2.34. The number of likely N-dealkylation sites (N-methyl/N-ethyl adjacent to an activating group) is 1. The zero-order chi connectivity index (χ0) is 22.4. The molecule has 7 heteroatoms. The van der Waals surface area contributed by atoms with Gasteiger partial charge in [0.25, 0.3) is 5.91 Å². The summed E-state index contributed by atoms with van der Waals surface area (Å²) in [6.45, 7) is 6.56. The van der Waals surface area contributed by atoms with Gasteiger partial charge < -0.3 is 23.5 Å². The lowest BCUT2D eigenvalue weighted by atomic mass is 10.1. The number of amides is 1. The van der Waals surface area contributed by atoms with Crippen LogP contribution in [0.15, 0.2) is 46.9 Å². The minimum absolute atomic E-state index is 0.119. The lowest BCUT2D eigenvalue weighted by Gasteiger charge is -2.21. The maximum Gasteiger partial charge on any atom is 0.375 e.